The van der Waals surface area contributed by atoms with Gasteiger partial charge in [0.1, 0.15) is 17.1 Å². The van der Waals surface area contributed by atoms with E-state index in [0.717, 1.165) is 24.8 Å². The first-order chi connectivity index (χ1) is 12.6. The van der Waals surface area contributed by atoms with Crippen LogP contribution in [0.2, 0.25) is 5.15 Å². The van der Waals surface area contributed by atoms with Crippen molar-refractivity contribution in [2.75, 3.05) is 12.3 Å². The first-order valence-corrected chi connectivity index (χ1v) is 8.98. The number of nitrogens with two attached hydrogens (primary N) is 2. The van der Waals surface area contributed by atoms with E-state index in [1.807, 2.05) is 11.5 Å². The summed E-state index contributed by atoms with van der Waals surface area (Å²) in [6.07, 6.45) is 4.26. The van der Waals surface area contributed by atoms with Crippen LogP contribution in [0, 0.1) is 0 Å². The highest BCUT2D eigenvalue weighted by Gasteiger charge is 2.24. The molecule has 1 atom stereocenters. The van der Waals surface area contributed by atoms with E-state index in [0.29, 0.717) is 35.9 Å². The van der Waals surface area contributed by atoms with Gasteiger partial charge in [0, 0.05) is 6.54 Å². The minimum atomic E-state index is -0.00128. The highest BCUT2D eigenvalue weighted by atomic mass is 35.5. The standard InChI is InChI=1S/C16H22ClN7O2/c1-3-5-9(6-7-18)25-10-8-20-14(17)11-13(10)24(4-2)16(21-11)12-15(19)23-26-22-12/h8-9H,3-7,18H2,1-2H3,(H2,19,23). The fourth-order valence-electron chi connectivity index (χ4n) is 2.96. The fourth-order valence-corrected chi connectivity index (χ4v) is 3.14. The van der Waals surface area contributed by atoms with Gasteiger partial charge in [0.25, 0.3) is 0 Å². The second-order valence-electron chi connectivity index (χ2n) is 5.89. The highest BCUT2D eigenvalue weighted by molar-refractivity contribution is 6.34. The van der Waals surface area contributed by atoms with Gasteiger partial charge in [-0.25, -0.2) is 14.6 Å². The van der Waals surface area contributed by atoms with Gasteiger partial charge < -0.3 is 20.8 Å². The van der Waals surface area contributed by atoms with E-state index in [1.165, 1.54) is 0 Å². The molecule has 0 aromatic carbocycles. The Kier molecular flexibility index (Phi) is 5.58. The molecule has 0 amide bonds. The third-order valence-corrected chi connectivity index (χ3v) is 4.40. The molecule has 140 valence electrons. The lowest BCUT2D eigenvalue weighted by Crippen LogP contribution is -2.21. The van der Waals surface area contributed by atoms with Crippen molar-refractivity contribution in [1.82, 2.24) is 24.8 Å². The minimum Gasteiger partial charge on any atom is -0.486 e. The molecule has 0 bridgehead atoms. The molecule has 3 aromatic rings. The maximum atomic E-state index is 6.28. The van der Waals surface area contributed by atoms with Crippen molar-refractivity contribution in [2.24, 2.45) is 5.73 Å². The van der Waals surface area contributed by atoms with Gasteiger partial charge in [0.05, 0.1) is 6.20 Å². The number of hydrogen-bond acceptors (Lipinski definition) is 8. The number of nitrogen functional groups attached to an aromatic ring is 1. The predicted octanol–water partition coefficient (Wildman–Crippen LogP) is 2.63. The molecular formula is C16H22ClN7O2. The number of rotatable bonds is 8. The van der Waals surface area contributed by atoms with E-state index >= 15 is 0 Å². The van der Waals surface area contributed by atoms with Crippen LogP contribution in [-0.2, 0) is 6.54 Å². The van der Waals surface area contributed by atoms with Crippen molar-refractivity contribution in [3.8, 4) is 17.3 Å². The summed E-state index contributed by atoms with van der Waals surface area (Å²) in [5.74, 6) is 1.27. The van der Waals surface area contributed by atoms with Crippen LogP contribution in [-0.4, -0.2) is 37.5 Å². The molecule has 26 heavy (non-hydrogen) atoms. The minimum absolute atomic E-state index is 0.00128. The first kappa shape index (κ1) is 18.4. The molecule has 0 radical (unpaired) electrons. The average molecular weight is 380 g/mol. The van der Waals surface area contributed by atoms with Gasteiger partial charge in [-0.2, -0.15) is 0 Å². The van der Waals surface area contributed by atoms with Gasteiger partial charge in [-0.05, 0) is 36.6 Å². The number of aromatic nitrogens is 5. The Morgan fingerprint density at radius 1 is 1.31 bits per heavy atom. The summed E-state index contributed by atoms with van der Waals surface area (Å²) in [4.78, 5) is 8.78. The molecule has 0 fully saturated rings. The van der Waals surface area contributed by atoms with E-state index < -0.39 is 0 Å². The van der Waals surface area contributed by atoms with E-state index in [1.54, 1.807) is 6.20 Å². The summed E-state index contributed by atoms with van der Waals surface area (Å²) in [5.41, 5.74) is 13.2. The Morgan fingerprint density at radius 3 is 2.73 bits per heavy atom. The summed E-state index contributed by atoms with van der Waals surface area (Å²) in [6, 6.07) is 0. The molecule has 1 unspecified atom stereocenters. The largest absolute Gasteiger partial charge is 0.486 e. The Balaban J connectivity index is 2.15. The van der Waals surface area contributed by atoms with Gasteiger partial charge in [0.15, 0.2) is 28.2 Å². The topological polar surface area (TPSA) is 131 Å². The zero-order valence-corrected chi connectivity index (χ0v) is 15.5. The molecule has 3 rings (SSSR count). The van der Waals surface area contributed by atoms with E-state index in [-0.39, 0.29) is 17.1 Å². The Labute approximate surface area is 155 Å². The molecule has 0 aliphatic carbocycles. The molecule has 0 aliphatic heterocycles. The van der Waals surface area contributed by atoms with Gasteiger partial charge in [0.2, 0.25) is 0 Å². The number of imidazole rings is 1. The second kappa shape index (κ2) is 7.88. The van der Waals surface area contributed by atoms with Crippen LogP contribution in [0.5, 0.6) is 5.75 Å². The summed E-state index contributed by atoms with van der Waals surface area (Å²) < 4.78 is 12.8. The maximum absolute atomic E-state index is 6.28. The van der Waals surface area contributed by atoms with Crippen LogP contribution in [0.25, 0.3) is 22.6 Å². The number of hydrogen-bond donors (Lipinski definition) is 2. The van der Waals surface area contributed by atoms with Gasteiger partial charge in [-0.3, -0.25) is 0 Å². The molecular weight excluding hydrogens is 358 g/mol. The van der Waals surface area contributed by atoms with Crippen LogP contribution in [0.4, 0.5) is 5.82 Å². The van der Waals surface area contributed by atoms with Gasteiger partial charge in [-0.1, -0.05) is 24.9 Å². The Hall–Kier alpha value is -2.39. The molecule has 0 spiro atoms. The number of aryl methyl sites for hydroxylation is 1. The van der Waals surface area contributed by atoms with E-state index in [9.17, 15) is 0 Å². The van der Waals surface area contributed by atoms with Crippen molar-refractivity contribution in [3.05, 3.63) is 11.3 Å². The molecule has 0 saturated carbocycles. The maximum Gasteiger partial charge on any atom is 0.199 e. The third kappa shape index (κ3) is 3.32. The SMILES string of the molecule is CCCC(CCN)Oc1cnc(Cl)c2nc(-c3nonc3N)n(CC)c12. The molecule has 10 heteroatoms. The quantitative estimate of drug-likeness (QED) is 0.571. The predicted molar refractivity (Wildman–Crippen MR) is 98.9 cm³/mol. The van der Waals surface area contributed by atoms with Crippen molar-refractivity contribution in [1.29, 1.82) is 0 Å². The molecule has 0 aliphatic rings. The monoisotopic (exact) mass is 379 g/mol. The molecule has 4 N–H and O–H groups in total. The number of halogens is 1. The van der Waals surface area contributed by atoms with E-state index in [2.05, 4.69) is 27.2 Å². The van der Waals surface area contributed by atoms with Crippen LogP contribution in [0.1, 0.15) is 33.1 Å². The normalized spacial score (nSPS) is 12.6. The lowest BCUT2D eigenvalue weighted by atomic mass is 10.1. The average Bonchev–Trinajstić information content (AvgIpc) is 3.21. The number of nitrogens with zero attached hydrogens (tertiary/aromatic N) is 5. The van der Waals surface area contributed by atoms with Crippen molar-refractivity contribution >= 4 is 28.5 Å². The summed E-state index contributed by atoms with van der Waals surface area (Å²) in [6.45, 7) is 5.24. The number of ether oxygens (including phenoxy) is 1. The number of fused-ring (bicyclic) bond motifs is 1. The lowest BCUT2D eigenvalue weighted by Gasteiger charge is -2.19. The van der Waals surface area contributed by atoms with Crippen LogP contribution >= 0.6 is 11.6 Å². The fraction of sp³-hybridized carbons (Fsp3) is 0.500. The molecule has 0 saturated heterocycles. The molecule has 3 aromatic heterocycles. The van der Waals surface area contributed by atoms with Crippen LogP contribution in [0.15, 0.2) is 10.8 Å². The zero-order valence-electron chi connectivity index (χ0n) is 14.8. The Bertz CT molecular complexity index is 886. The smallest absolute Gasteiger partial charge is 0.199 e. The first-order valence-electron chi connectivity index (χ1n) is 8.60. The summed E-state index contributed by atoms with van der Waals surface area (Å²) >= 11 is 6.28. The van der Waals surface area contributed by atoms with Crippen molar-refractivity contribution < 1.29 is 9.37 Å². The lowest BCUT2D eigenvalue weighted by molar-refractivity contribution is 0.183. The highest BCUT2D eigenvalue weighted by Crippen LogP contribution is 2.35. The number of anilines is 1. The molecule has 3 heterocycles. The number of pyridine rings is 1. The Morgan fingerprint density at radius 2 is 2.12 bits per heavy atom. The van der Waals surface area contributed by atoms with Crippen molar-refractivity contribution in [3.63, 3.8) is 0 Å². The third-order valence-electron chi connectivity index (χ3n) is 4.13. The molecule has 9 nitrogen and oxygen atoms in total. The van der Waals surface area contributed by atoms with Gasteiger partial charge >= 0.3 is 0 Å². The second-order valence-corrected chi connectivity index (χ2v) is 6.25. The van der Waals surface area contributed by atoms with Crippen molar-refractivity contribution in [2.45, 2.75) is 45.8 Å². The summed E-state index contributed by atoms with van der Waals surface area (Å²) in [5, 5.41) is 7.76. The summed E-state index contributed by atoms with van der Waals surface area (Å²) in [7, 11) is 0. The van der Waals surface area contributed by atoms with Crippen LogP contribution < -0.4 is 16.2 Å². The zero-order chi connectivity index (χ0) is 18.7. The van der Waals surface area contributed by atoms with E-state index in [4.69, 9.17) is 32.4 Å². The van der Waals surface area contributed by atoms with Gasteiger partial charge in [-0.15, -0.1) is 0 Å². The van der Waals surface area contributed by atoms with Crippen LogP contribution in [0.3, 0.4) is 0 Å².